The summed E-state index contributed by atoms with van der Waals surface area (Å²) in [6.45, 7) is 5.55. The maximum atomic E-state index is 13.7. The molecule has 3 heteroatoms. The van der Waals surface area contributed by atoms with Gasteiger partial charge in [0.25, 0.3) is 0 Å². The molecule has 0 spiro atoms. The van der Waals surface area contributed by atoms with Crippen LogP contribution in [0, 0.1) is 18.7 Å². The number of benzene rings is 1. The highest BCUT2D eigenvalue weighted by molar-refractivity contribution is 5.29. The lowest BCUT2D eigenvalue weighted by Crippen LogP contribution is -2.41. The predicted molar refractivity (Wildman–Crippen MR) is 80.7 cm³/mol. The SMILES string of the molecule is CCNC(COc1cc(C)ccc1F)C1CCCCC1. The number of hydrogen-bond acceptors (Lipinski definition) is 2. The molecular formula is C17H26FNO. The van der Waals surface area contributed by atoms with Crippen LogP contribution in [-0.4, -0.2) is 19.2 Å². The quantitative estimate of drug-likeness (QED) is 0.847. The van der Waals surface area contributed by atoms with Gasteiger partial charge in [0.15, 0.2) is 11.6 Å². The zero-order valence-corrected chi connectivity index (χ0v) is 12.6. The first-order chi connectivity index (χ1) is 9.70. The average Bonchev–Trinajstić information content (AvgIpc) is 2.47. The lowest BCUT2D eigenvalue weighted by Gasteiger charge is -2.30. The highest BCUT2D eigenvalue weighted by Crippen LogP contribution is 2.27. The van der Waals surface area contributed by atoms with Gasteiger partial charge in [-0.25, -0.2) is 4.39 Å². The topological polar surface area (TPSA) is 21.3 Å². The van der Waals surface area contributed by atoms with Gasteiger partial charge in [0, 0.05) is 6.04 Å². The number of halogens is 1. The van der Waals surface area contributed by atoms with E-state index < -0.39 is 0 Å². The lowest BCUT2D eigenvalue weighted by atomic mass is 9.84. The van der Waals surface area contributed by atoms with Crippen LogP contribution < -0.4 is 10.1 Å². The summed E-state index contributed by atoms with van der Waals surface area (Å²) in [6, 6.07) is 5.36. The van der Waals surface area contributed by atoms with Crippen molar-refractivity contribution in [1.82, 2.24) is 5.32 Å². The molecule has 2 rings (SSSR count). The minimum atomic E-state index is -0.269. The first-order valence-corrected chi connectivity index (χ1v) is 7.83. The summed E-state index contributed by atoms with van der Waals surface area (Å²) in [5.74, 6) is 0.773. The second-order valence-corrected chi connectivity index (χ2v) is 5.81. The highest BCUT2D eigenvalue weighted by atomic mass is 19.1. The minimum absolute atomic E-state index is 0.269. The molecule has 1 fully saturated rings. The molecule has 1 aromatic carbocycles. The Kier molecular flexibility index (Phi) is 5.84. The Labute approximate surface area is 121 Å². The van der Waals surface area contributed by atoms with E-state index in [0.717, 1.165) is 12.1 Å². The molecule has 112 valence electrons. The van der Waals surface area contributed by atoms with E-state index in [-0.39, 0.29) is 5.82 Å². The van der Waals surface area contributed by atoms with Gasteiger partial charge in [0.2, 0.25) is 0 Å². The molecule has 0 saturated heterocycles. The summed E-state index contributed by atoms with van der Waals surface area (Å²) in [6.07, 6.45) is 6.49. The number of rotatable bonds is 6. The van der Waals surface area contributed by atoms with Crippen LogP contribution in [0.1, 0.15) is 44.6 Å². The van der Waals surface area contributed by atoms with Crippen molar-refractivity contribution < 1.29 is 9.13 Å². The Balaban J connectivity index is 1.95. The Morgan fingerprint density at radius 2 is 2.05 bits per heavy atom. The van der Waals surface area contributed by atoms with Crippen molar-refractivity contribution in [2.75, 3.05) is 13.2 Å². The van der Waals surface area contributed by atoms with Gasteiger partial charge in [-0.15, -0.1) is 0 Å². The first-order valence-electron chi connectivity index (χ1n) is 7.83. The monoisotopic (exact) mass is 279 g/mol. The summed E-state index contributed by atoms with van der Waals surface area (Å²) >= 11 is 0. The molecule has 0 aliphatic heterocycles. The minimum Gasteiger partial charge on any atom is -0.489 e. The Bertz CT molecular complexity index is 415. The molecule has 0 heterocycles. The Morgan fingerprint density at radius 3 is 2.75 bits per heavy atom. The average molecular weight is 279 g/mol. The van der Waals surface area contributed by atoms with Gasteiger partial charge in [-0.1, -0.05) is 32.3 Å². The summed E-state index contributed by atoms with van der Waals surface area (Å²) in [5.41, 5.74) is 1.03. The van der Waals surface area contributed by atoms with Crippen LogP contribution in [0.25, 0.3) is 0 Å². The second-order valence-electron chi connectivity index (χ2n) is 5.81. The number of nitrogens with one attached hydrogen (secondary N) is 1. The maximum absolute atomic E-state index is 13.7. The number of aryl methyl sites for hydroxylation is 1. The van der Waals surface area contributed by atoms with E-state index in [0.29, 0.717) is 24.3 Å². The van der Waals surface area contributed by atoms with Crippen molar-refractivity contribution >= 4 is 0 Å². The summed E-state index contributed by atoms with van der Waals surface area (Å²) in [4.78, 5) is 0. The molecule has 1 aromatic rings. The van der Waals surface area contributed by atoms with Crippen LogP contribution in [0.3, 0.4) is 0 Å². The largest absolute Gasteiger partial charge is 0.489 e. The molecule has 0 aromatic heterocycles. The van der Waals surface area contributed by atoms with Crippen LogP contribution in [-0.2, 0) is 0 Å². The fourth-order valence-corrected chi connectivity index (χ4v) is 3.06. The molecule has 20 heavy (non-hydrogen) atoms. The van der Waals surface area contributed by atoms with E-state index in [1.54, 1.807) is 12.1 Å². The van der Waals surface area contributed by atoms with E-state index in [9.17, 15) is 4.39 Å². The predicted octanol–water partition coefficient (Wildman–Crippen LogP) is 4.07. The van der Waals surface area contributed by atoms with Gasteiger partial charge in [0.05, 0.1) is 0 Å². The van der Waals surface area contributed by atoms with Crippen molar-refractivity contribution in [1.29, 1.82) is 0 Å². The molecule has 1 atom stereocenters. The number of ether oxygens (including phenoxy) is 1. The molecule has 1 N–H and O–H groups in total. The molecule has 1 saturated carbocycles. The molecule has 1 aliphatic rings. The Morgan fingerprint density at radius 1 is 1.30 bits per heavy atom. The van der Waals surface area contributed by atoms with Crippen molar-refractivity contribution in [2.24, 2.45) is 5.92 Å². The third kappa shape index (κ3) is 4.20. The van der Waals surface area contributed by atoms with E-state index in [4.69, 9.17) is 4.74 Å². The molecule has 0 amide bonds. The van der Waals surface area contributed by atoms with E-state index in [1.807, 2.05) is 6.92 Å². The molecule has 0 bridgehead atoms. The Hall–Kier alpha value is -1.09. The van der Waals surface area contributed by atoms with Gasteiger partial charge < -0.3 is 10.1 Å². The standard InChI is InChI=1S/C17H26FNO/c1-3-19-16(14-7-5-4-6-8-14)12-20-17-11-13(2)9-10-15(17)18/h9-11,14,16,19H,3-8,12H2,1-2H3. The zero-order chi connectivity index (χ0) is 14.4. The molecule has 0 radical (unpaired) electrons. The summed E-state index contributed by atoms with van der Waals surface area (Å²) in [5, 5.41) is 3.51. The van der Waals surface area contributed by atoms with Gasteiger partial charge in [-0.05, 0) is 49.9 Å². The molecular weight excluding hydrogens is 253 g/mol. The first kappa shape index (κ1) is 15.3. The number of hydrogen-bond donors (Lipinski definition) is 1. The fraction of sp³-hybridized carbons (Fsp3) is 0.647. The third-order valence-electron chi connectivity index (χ3n) is 4.19. The van der Waals surface area contributed by atoms with E-state index in [1.165, 1.54) is 38.2 Å². The van der Waals surface area contributed by atoms with Gasteiger partial charge >= 0.3 is 0 Å². The van der Waals surface area contributed by atoms with Crippen LogP contribution in [0.2, 0.25) is 0 Å². The zero-order valence-electron chi connectivity index (χ0n) is 12.6. The molecule has 2 nitrogen and oxygen atoms in total. The van der Waals surface area contributed by atoms with E-state index in [2.05, 4.69) is 12.2 Å². The van der Waals surface area contributed by atoms with Crippen molar-refractivity contribution in [3.63, 3.8) is 0 Å². The van der Waals surface area contributed by atoms with Gasteiger partial charge in [-0.2, -0.15) is 0 Å². The van der Waals surface area contributed by atoms with Crippen molar-refractivity contribution in [3.8, 4) is 5.75 Å². The van der Waals surface area contributed by atoms with Crippen molar-refractivity contribution in [2.45, 2.75) is 52.0 Å². The summed E-state index contributed by atoms with van der Waals surface area (Å²) < 4.78 is 19.5. The van der Waals surface area contributed by atoms with Crippen LogP contribution in [0.15, 0.2) is 18.2 Å². The fourth-order valence-electron chi connectivity index (χ4n) is 3.06. The molecule has 1 aliphatic carbocycles. The van der Waals surface area contributed by atoms with Crippen LogP contribution >= 0.6 is 0 Å². The maximum Gasteiger partial charge on any atom is 0.165 e. The number of likely N-dealkylation sites (N-methyl/N-ethyl adjacent to an activating group) is 1. The summed E-state index contributed by atoms with van der Waals surface area (Å²) in [7, 11) is 0. The normalized spacial score (nSPS) is 17.9. The van der Waals surface area contributed by atoms with Gasteiger partial charge in [0.1, 0.15) is 6.61 Å². The third-order valence-corrected chi connectivity index (χ3v) is 4.19. The van der Waals surface area contributed by atoms with Crippen LogP contribution in [0.5, 0.6) is 5.75 Å². The second kappa shape index (κ2) is 7.63. The van der Waals surface area contributed by atoms with Crippen LogP contribution in [0.4, 0.5) is 4.39 Å². The van der Waals surface area contributed by atoms with Crippen molar-refractivity contribution in [3.05, 3.63) is 29.6 Å². The molecule has 1 unspecified atom stereocenters. The van der Waals surface area contributed by atoms with Gasteiger partial charge in [-0.3, -0.25) is 0 Å². The smallest absolute Gasteiger partial charge is 0.165 e. The van der Waals surface area contributed by atoms with E-state index >= 15 is 0 Å². The lowest BCUT2D eigenvalue weighted by molar-refractivity contribution is 0.183. The highest BCUT2D eigenvalue weighted by Gasteiger charge is 2.23.